The minimum atomic E-state index is -3.64. The molecule has 0 aromatic heterocycles. The number of methoxy groups -OCH3 is 1. The first-order chi connectivity index (χ1) is 19.5. The van der Waals surface area contributed by atoms with Crippen LogP contribution in [0.3, 0.4) is 0 Å². The fourth-order valence-electron chi connectivity index (χ4n) is 4.45. The molecule has 2 amide bonds. The molecule has 41 heavy (non-hydrogen) atoms. The van der Waals surface area contributed by atoms with E-state index in [4.69, 9.17) is 27.9 Å². The minimum Gasteiger partial charge on any atom is -0.497 e. The second kappa shape index (κ2) is 15.1. The lowest BCUT2D eigenvalue weighted by atomic mass is 10.0. The van der Waals surface area contributed by atoms with Gasteiger partial charge in [0.2, 0.25) is 21.8 Å². The molecule has 0 aliphatic heterocycles. The van der Waals surface area contributed by atoms with Gasteiger partial charge in [-0.15, -0.1) is 0 Å². The second-order valence-electron chi connectivity index (χ2n) is 9.50. The maximum absolute atomic E-state index is 13.8. The monoisotopic (exact) mass is 619 g/mol. The van der Waals surface area contributed by atoms with Crippen molar-refractivity contribution in [3.63, 3.8) is 0 Å². The van der Waals surface area contributed by atoms with Crippen molar-refractivity contribution < 1.29 is 22.7 Å². The number of anilines is 1. The van der Waals surface area contributed by atoms with Gasteiger partial charge in [0, 0.05) is 48.6 Å². The zero-order chi connectivity index (χ0) is 30.0. The average molecular weight is 621 g/mol. The Hall–Kier alpha value is -3.27. The molecule has 1 atom stereocenters. The highest BCUT2D eigenvalue weighted by Crippen LogP contribution is 2.26. The van der Waals surface area contributed by atoms with E-state index in [9.17, 15) is 18.0 Å². The molecule has 0 bridgehead atoms. The van der Waals surface area contributed by atoms with Crippen LogP contribution in [-0.2, 0) is 32.6 Å². The number of rotatable bonds is 14. The van der Waals surface area contributed by atoms with E-state index >= 15 is 0 Å². The number of sulfonamides is 1. The molecule has 0 saturated heterocycles. The van der Waals surface area contributed by atoms with Crippen molar-refractivity contribution >= 4 is 50.7 Å². The number of benzene rings is 3. The molecule has 0 radical (unpaired) electrons. The largest absolute Gasteiger partial charge is 0.497 e. The summed E-state index contributed by atoms with van der Waals surface area (Å²) >= 11 is 12.6. The third-order valence-corrected chi connectivity index (χ3v) is 8.25. The van der Waals surface area contributed by atoms with Gasteiger partial charge in [0.1, 0.15) is 11.8 Å². The molecule has 3 aromatic rings. The van der Waals surface area contributed by atoms with E-state index in [1.54, 1.807) is 42.5 Å². The second-order valence-corrected chi connectivity index (χ2v) is 12.2. The van der Waals surface area contributed by atoms with Gasteiger partial charge >= 0.3 is 0 Å². The number of nitrogens with one attached hydrogen (secondary N) is 1. The fraction of sp³-hybridized carbons (Fsp3) is 0.333. The zero-order valence-electron chi connectivity index (χ0n) is 23.3. The van der Waals surface area contributed by atoms with Gasteiger partial charge in [-0.3, -0.25) is 13.9 Å². The summed E-state index contributed by atoms with van der Waals surface area (Å²) in [5.74, 6) is -0.0739. The highest BCUT2D eigenvalue weighted by Gasteiger charge is 2.30. The van der Waals surface area contributed by atoms with E-state index < -0.39 is 16.1 Å². The third-order valence-electron chi connectivity index (χ3n) is 6.47. The van der Waals surface area contributed by atoms with Crippen LogP contribution in [0.4, 0.5) is 5.69 Å². The number of carbonyl (C=O) groups is 2. The lowest BCUT2D eigenvalue weighted by molar-refractivity contribution is -0.141. The third kappa shape index (κ3) is 9.38. The van der Waals surface area contributed by atoms with Gasteiger partial charge in [0.15, 0.2) is 0 Å². The van der Waals surface area contributed by atoms with Crippen molar-refractivity contribution in [1.82, 2.24) is 10.2 Å². The Balaban J connectivity index is 1.89. The highest BCUT2D eigenvalue weighted by atomic mass is 35.5. The highest BCUT2D eigenvalue weighted by molar-refractivity contribution is 7.92. The van der Waals surface area contributed by atoms with Gasteiger partial charge in [0.25, 0.3) is 0 Å². The number of nitrogens with zero attached hydrogens (tertiary/aromatic N) is 2. The number of halogens is 2. The molecular formula is C30H35Cl2N3O5S. The normalized spacial score (nSPS) is 11.9. The molecule has 0 fully saturated rings. The summed E-state index contributed by atoms with van der Waals surface area (Å²) in [5.41, 5.74) is 1.97. The number of carbonyl (C=O) groups excluding carboxylic acids is 2. The summed E-state index contributed by atoms with van der Waals surface area (Å²) in [6.45, 7) is 2.36. The Bertz CT molecular complexity index is 1440. The van der Waals surface area contributed by atoms with E-state index in [0.29, 0.717) is 40.0 Å². The molecular weight excluding hydrogens is 585 g/mol. The van der Waals surface area contributed by atoms with Crippen molar-refractivity contribution in [3.05, 3.63) is 94.0 Å². The van der Waals surface area contributed by atoms with Crippen LogP contribution in [-0.4, -0.2) is 57.6 Å². The summed E-state index contributed by atoms with van der Waals surface area (Å²) in [6.07, 6.45) is 1.64. The number of ether oxygens (including phenoxy) is 1. The van der Waals surface area contributed by atoms with Crippen LogP contribution in [0, 0.1) is 0 Å². The van der Waals surface area contributed by atoms with Gasteiger partial charge in [-0.1, -0.05) is 65.7 Å². The summed E-state index contributed by atoms with van der Waals surface area (Å²) in [4.78, 5) is 28.7. The van der Waals surface area contributed by atoms with Gasteiger partial charge in [-0.25, -0.2) is 8.42 Å². The summed E-state index contributed by atoms with van der Waals surface area (Å²) in [6, 6.07) is 20.4. The maximum Gasteiger partial charge on any atom is 0.243 e. The predicted molar refractivity (Wildman–Crippen MR) is 164 cm³/mol. The Morgan fingerprint density at radius 1 is 1.00 bits per heavy atom. The smallest absolute Gasteiger partial charge is 0.243 e. The fourth-order valence-corrected chi connectivity index (χ4v) is 5.87. The van der Waals surface area contributed by atoms with Crippen molar-refractivity contribution in [3.8, 4) is 5.75 Å². The molecule has 3 aromatic carbocycles. The molecule has 0 heterocycles. The lowest BCUT2D eigenvalue weighted by Gasteiger charge is -2.32. The van der Waals surface area contributed by atoms with E-state index in [-0.39, 0.29) is 37.7 Å². The summed E-state index contributed by atoms with van der Waals surface area (Å²) < 4.78 is 31.8. The molecule has 0 saturated carbocycles. The van der Waals surface area contributed by atoms with E-state index in [1.807, 2.05) is 37.3 Å². The molecule has 11 heteroatoms. The predicted octanol–water partition coefficient (Wildman–Crippen LogP) is 5.32. The molecule has 220 valence electrons. The average Bonchev–Trinajstić information content (AvgIpc) is 2.94. The summed E-state index contributed by atoms with van der Waals surface area (Å²) in [7, 11) is -2.13. The van der Waals surface area contributed by atoms with Crippen molar-refractivity contribution in [2.45, 2.75) is 38.8 Å². The van der Waals surface area contributed by atoms with Crippen LogP contribution in [0.1, 0.15) is 30.9 Å². The minimum absolute atomic E-state index is 0.00585. The van der Waals surface area contributed by atoms with Crippen LogP contribution in [0.2, 0.25) is 10.0 Å². The molecule has 3 rings (SSSR count). The molecule has 0 spiro atoms. The topological polar surface area (TPSA) is 96.0 Å². The number of hydrogen-bond donors (Lipinski definition) is 1. The first-order valence-electron chi connectivity index (χ1n) is 13.2. The van der Waals surface area contributed by atoms with Crippen LogP contribution in [0.15, 0.2) is 72.8 Å². The Labute approximate surface area is 252 Å². The molecule has 1 N–H and O–H groups in total. The van der Waals surface area contributed by atoms with Crippen molar-refractivity contribution in [1.29, 1.82) is 0 Å². The maximum atomic E-state index is 13.8. The van der Waals surface area contributed by atoms with Gasteiger partial charge < -0.3 is 15.0 Å². The Kier molecular flexibility index (Phi) is 11.9. The number of likely N-dealkylation sites (N-methyl/N-ethyl adjacent to an activating group) is 1. The lowest BCUT2D eigenvalue weighted by Crippen LogP contribution is -2.50. The quantitative estimate of drug-likeness (QED) is 0.263. The van der Waals surface area contributed by atoms with Crippen LogP contribution in [0.25, 0.3) is 0 Å². The van der Waals surface area contributed by atoms with E-state index in [1.165, 1.54) is 16.3 Å². The molecule has 8 nitrogen and oxygen atoms in total. The van der Waals surface area contributed by atoms with E-state index in [2.05, 4.69) is 5.32 Å². The molecule has 0 aliphatic carbocycles. The van der Waals surface area contributed by atoms with Gasteiger partial charge in [-0.05, 0) is 48.7 Å². The Morgan fingerprint density at radius 2 is 1.73 bits per heavy atom. The van der Waals surface area contributed by atoms with Crippen molar-refractivity contribution in [2.75, 3.05) is 30.8 Å². The van der Waals surface area contributed by atoms with Crippen LogP contribution in [0.5, 0.6) is 5.75 Å². The SMILES string of the molecule is CCNC(=O)[C@@H](Cc1ccccc1)N(Cc1ccc(Cl)cc1Cl)C(=O)CCCN(c1cccc(OC)c1)S(C)(=O)=O. The van der Waals surface area contributed by atoms with E-state index in [0.717, 1.165) is 11.8 Å². The summed E-state index contributed by atoms with van der Waals surface area (Å²) in [5, 5.41) is 3.69. The number of amides is 2. The first kappa shape index (κ1) is 32.2. The van der Waals surface area contributed by atoms with Crippen molar-refractivity contribution in [2.24, 2.45) is 0 Å². The van der Waals surface area contributed by atoms with Gasteiger partial charge in [0.05, 0.1) is 19.1 Å². The van der Waals surface area contributed by atoms with Gasteiger partial charge in [-0.2, -0.15) is 0 Å². The first-order valence-corrected chi connectivity index (χ1v) is 15.8. The Morgan fingerprint density at radius 3 is 2.37 bits per heavy atom. The number of hydrogen-bond acceptors (Lipinski definition) is 5. The molecule has 0 aliphatic rings. The molecule has 0 unspecified atom stereocenters. The van der Waals surface area contributed by atoms with Crippen LogP contribution < -0.4 is 14.4 Å². The standard InChI is InChI=1S/C30H35Cl2N3O5S/c1-4-33-30(37)28(18-22-10-6-5-7-11-22)34(21-23-15-16-24(31)19-27(23)32)29(36)14-9-17-35(41(3,38)39)25-12-8-13-26(20-25)40-2/h5-8,10-13,15-16,19-20,28H,4,9,14,17-18,21H2,1-3H3,(H,33,37)/t28-/m1/s1. The van der Waals surface area contributed by atoms with Crippen LogP contribution >= 0.6 is 23.2 Å². The zero-order valence-corrected chi connectivity index (χ0v) is 25.7.